The van der Waals surface area contributed by atoms with E-state index in [0.717, 1.165) is 9.37 Å². The average Bonchev–Trinajstić information content (AvgIpc) is 2.36. The molecule has 2 rings (SSSR count). The zero-order valence-electron chi connectivity index (χ0n) is 11.1. The molecular formula is C14H18BrNO2S. The molecule has 0 aliphatic carbocycles. The van der Waals surface area contributed by atoms with Gasteiger partial charge in [-0.15, -0.1) is 11.8 Å². The molecule has 19 heavy (non-hydrogen) atoms. The summed E-state index contributed by atoms with van der Waals surface area (Å²) in [7, 11) is 0. The molecule has 1 fully saturated rings. The predicted molar refractivity (Wildman–Crippen MR) is 81.5 cm³/mol. The molecule has 3 nitrogen and oxygen atoms in total. The van der Waals surface area contributed by atoms with E-state index in [0.29, 0.717) is 18.8 Å². The summed E-state index contributed by atoms with van der Waals surface area (Å²) in [5.41, 5.74) is 0. The molecular weight excluding hydrogens is 326 g/mol. The number of carbonyl (C=O) groups is 1. The van der Waals surface area contributed by atoms with Crippen LogP contribution in [0.1, 0.15) is 13.8 Å². The Kier molecular flexibility index (Phi) is 5.30. The molecule has 104 valence electrons. The van der Waals surface area contributed by atoms with Gasteiger partial charge >= 0.3 is 0 Å². The van der Waals surface area contributed by atoms with Crippen molar-refractivity contribution >= 4 is 33.6 Å². The van der Waals surface area contributed by atoms with Gasteiger partial charge in [0, 0.05) is 22.5 Å². The second-order valence-corrected chi connectivity index (χ2v) is 6.76. The molecule has 1 amide bonds. The third-order valence-corrected chi connectivity index (χ3v) is 4.47. The van der Waals surface area contributed by atoms with E-state index in [1.54, 1.807) is 11.8 Å². The van der Waals surface area contributed by atoms with Crippen molar-refractivity contribution in [1.82, 2.24) is 4.90 Å². The highest BCUT2D eigenvalue weighted by Gasteiger charge is 2.25. The van der Waals surface area contributed by atoms with Crippen LogP contribution in [0.3, 0.4) is 0 Å². The maximum absolute atomic E-state index is 12.2. The van der Waals surface area contributed by atoms with Crippen LogP contribution in [0.15, 0.2) is 33.6 Å². The van der Waals surface area contributed by atoms with Crippen molar-refractivity contribution < 1.29 is 9.53 Å². The summed E-state index contributed by atoms with van der Waals surface area (Å²) in [6.07, 6.45) is 0.260. The van der Waals surface area contributed by atoms with Crippen LogP contribution in [0, 0.1) is 0 Å². The fourth-order valence-electron chi connectivity index (χ4n) is 2.15. The van der Waals surface area contributed by atoms with E-state index in [4.69, 9.17) is 4.74 Å². The quantitative estimate of drug-likeness (QED) is 0.789. The Bertz CT molecular complexity index is 428. The van der Waals surface area contributed by atoms with E-state index < -0.39 is 0 Å². The molecule has 0 radical (unpaired) electrons. The molecule has 1 aliphatic rings. The lowest BCUT2D eigenvalue weighted by atomic mass is 10.2. The maximum Gasteiger partial charge on any atom is 0.233 e. The van der Waals surface area contributed by atoms with Crippen molar-refractivity contribution in [2.75, 3.05) is 18.8 Å². The first-order valence-corrected chi connectivity index (χ1v) is 8.14. The minimum absolute atomic E-state index is 0.130. The normalized spacial score (nSPS) is 23.4. The van der Waals surface area contributed by atoms with Gasteiger partial charge in [0.1, 0.15) is 0 Å². The summed E-state index contributed by atoms with van der Waals surface area (Å²) in [5, 5.41) is 0. The third-order valence-electron chi connectivity index (χ3n) is 2.95. The maximum atomic E-state index is 12.2. The molecule has 2 unspecified atom stereocenters. The number of halogens is 1. The van der Waals surface area contributed by atoms with Gasteiger partial charge in [-0.2, -0.15) is 0 Å². The highest BCUT2D eigenvalue weighted by Crippen LogP contribution is 2.21. The smallest absolute Gasteiger partial charge is 0.233 e. The Morgan fingerprint density at radius 1 is 1.32 bits per heavy atom. The van der Waals surface area contributed by atoms with Gasteiger partial charge in [-0.25, -0.2) is 0 Å². The van der Waals surface area contributed by atoms with Crippen molar-refractivity contribution in [2.45, 2.75) is 31.0 Å². The zero-order chi connectivity index (χ0) is 13.8. The van der Waals surface area contributed by atoms with E-state index in [2.05, 4.69) is 15.9 Å². The molecule has 0 aromatic heterocycles. The lowest BCUT2D eigenvalue weighted by Crippen LogP contribution is -2.48. The van der Waals surface area contributed by atoms with Crippen LogP contribution in [-0.4, -0.2) is 41.9 Å². The molecule has 0 bridgehead atoms. The topological polar surface area (TPSA) is 29.5 Å². The second-order valence-electron chi connectivity index (χ2n) is 4.80. The van der Waals surface area contributed by atoms with Gasteiger partial charge < -0.3 is 9.64 Å². The van der Waals surface area contributed by atoms with Crippen LogP contribution in [0.4, 0.5) is 0 Å². The summed E-state index contributed by atoms with van der Waals surface area (Å²) in [6.45, 7) is 5.42. The molecule has 1 heterocycles. The lowest BCUT2D eigenvalue weighted by molar-refractivity contribution is -0.140. The lowest BCUT2D eigenvalue weighted by Gasteiger charge is -2.35. The summed E-state index contributed by atoms with van der Waals surface area (Å²) in [6, 6.07) is 8.02. The van der Waals surface area contributed by atoms with Gasteiger partial charge in [0.15, 0.2) is 0 Å². The van der Waals surface area contributed by atoms with E-state index in [1.807, 2.05) is 43.0 Å². The molecule has 2 atom stereocenters. The van der Waals surface area contributed by atoms with Gasteiger partial charge in [0.05, 0.1) is 18.0 Å². The summed E-state index contributed by atoms with van der Waals surface area (Å²) in [5.74, 6) is 0.677. The Balaban J connectivity index is 1.85. The van der Waals surface area contributed by atoms with Crippen molar-refractivity contribution in [3.05, 3.63) is 28.7 Å². The van der Waals surface area contributed by atoms with Gasteiger partial charge in [-0.3, -0.25) is 4.79 Å². The van der Waals surface area contributed by atoms with Gasteiger partial charge in [0.2, 0.25) is 5.91 Å². The highest BCUT2D eigenvalue weighted by atomic mass is 79.9. The predicted octanol–water partition coefficient (Wildman–Crippen LogP) is 3.18. The highest BCUT2D eigenvalue weighted by molar-refractivity contribution is 9.10. The summed E-state index contributed by atoms with van der Waals surface area (Å²) >= 11 is 4.98. The number of nitrogens with zero attached hydrogens (tertiary/aromatic N) is 1. The van der Waals surface area contributed by atoms with Crippen LogP contribution in [-0.2, 0) is 9.53 Å². The van der Waals surface area contributed by atoms with Crippen LogP contribution >= 0.6 is 27.7 Å². The molecule has 0 N–H and O–H groups in total. The number of carbonyl (C=O) groups excluding carboxylic acids is 1. The van der Waals surface area contributed by atoms with Crippen molar-refractivity contribution in [3.8, 4) is 0 Å². The fourth-order valence-corrected chi connectivity index (χ4v) is 3.21. The number of benzene rings is 1. The standard InChI is InChI=1S/C14H18BrNO2S/c1-10-7-16(8-11(2)18-10)14(17)9-19-13-5-3-12(15)4-6-13/h3-6,10-11H,7-9H2,1-2H3. The van der Waals surface area contributed by atoms with Crippen LogP contribution in [0.5, 0.6) is 0 Å². The van der Waals surface area contributed by atoms with E-state index >= 15 is 0 Å². The number of rotatable bonds is 3. The monoisotopic (exact) mass is 343 g/mol. The molecule has 1 aromatic rings. The molecule has 1 aromatic carbocycles. The first-order valence-electron chi connectivity index (χ1n) is 6.36. The van der Waals surface area contributed by atoms with Gasteiger partial charge in [-0.05, 0) is 38.1 Å². The number of amides is 1. The fraction of sp³-hybridized carbons (Fsp3) is 0.500. The largest absolute Gasteiger partial charge is 0.372 e. The number of hydrogen-bond acceptors (Lipinski definition) is 3. The van der Waals surface area contributed by atoms with Crippen LogP contribution < -0.4 is 0 Å². The number of morpholine rings is 1. The van der Waals surface area contributed by atoms with Crippen molar-refractivity contribution in [3.63, 3.8) is 0 Å². The summed E-state index contributed by atoms with van der Waals surface area (Å²) < 4.78 is 6.69. The minimum Gasteiger partial charge on any atom is -0.372 e. The molecule has 0 saturated carbocycles. The molecule has 1 saturated heterocycles. The SMILES string of the molecule is CC1CN(C(=O)CSc2ccc(Br)cc2)CC(C)O1. The van der Waals surface area contributed by atoms with E-state index in [9.17, 15) is 4.79 Å². The third kappa shape index (κ3) is 4.51. The van der Waals surface area contributed by atoms with Crippen LogP contribution in [0.25, 0.3) is 0 Å². The van der Waals surface area contributed by atoms with Crippen LogP contribution in [0.2, 0.25) is 0 Å². The molecule has 5 heteroatoms. The Labute approximate surface area is 126 Å². The molecule has 1 aliphatic heterocycles. The Morgan fingerprint density at radius 3 is 2.47 bits per heavy atom. The first-order chi connectivity index (χ1) is 9.04. The van der Waals surface area contributed by atoms with Gasteiger partial charge in [0.25, 0.3) is 0 Å². The number of hydrogen-bond donors (Lipinski definition) is 0. The van der Waals surface area contributed by atoms with Crippen molar-refractivity contribution in [2.24, 2.45) is 0 Å². The second kappa shape index (κ2) is 6.77. The van der Waals surface area contributed by atoms with E-state index in [1.165, 1.54) is 0 Å². The van der Waals surface area contributed by atoms with Crippen molar-refractivity contribution in [1.29, 1.82) is 0 Å². The summed E-state index contributed by atoms with van der Waals surface area (Å²) in [4.78, 5) is 15.2. The first kappa shape index (κ1) is 14.9. The van der Waals surface area contributed by atoms with Gasteiger partial charge in [-0.1, -0.05) is 15.9 Å². The Hall–Kier alpha value is -0.520. The average molecular weight is 344 g/mol. The zero-order valence-corrected chi connectivity index (χ0v) is 13.5. The number of ether oxygens (including phenoxy) is 1. The minimum atomic E-state index is 0.130. The number of thioether (sulfide) groups is 1. The Morgan fingerprint density at radius 2 is 1.89 bits per heavy atom. The molecule has 0 spiro atoms. The van der Waals surface area contributed by atoms with E-state index in [-0.39, 0.29) is 18.1 Å².